The second-order valence-corrected chi connectivity index (χ2v) is 8.19. The van der Waals surface area contributed by atoms with Crippen molar-refractivity contribution < 1.29 is 19.4 Å². The number of ether oxygens (including phenoxy) is 1. The number of amides is 1. The highest BCUT2D eigenvalue weighted by atomic mass is 35.5. The molecule has 166 valence electrons. The molecule has 1 heterocycles. The Morgan fingerprint density at radius 3 is 2.42 bits per heavy atom. The van der Waals surface area contributed by atoms with Crippen LogP contribution in [0.5, 0.6) is 5.75 Å². The van der Waals surface area contributed by atoms with Gasteiger partial charge in [0.05, 0.1) is 25.1 Å². The fourth-order valence-corrected chi connectivity index (χ4v) is 4.67. The lowest BCUT2D eigenvalue weighted by Gasteiger charge is -2.29. The molecular weight excluding hydrogens is 440 g/mol. The van der Waals surface area contributed by atoms with Crippen molar-refractivity contribution in [1.82, 2.24) is 4.90 Å². The zero-order chi connectivity index (χ0) is 23.5. The van der Waals surface area contributed by atoms with Gasteiger partial charge in [0.25, 0.3) is 5.91 Å². The van der Waals surface area contributed by atoms with Crippen molar-refractivity contribution in [2.45, 2.75) is 18.5 Å². The van der Waals surface area contributed by atoms with Crippen molar-refractivity contribution in [2.24, 2.45) is 5.92 Å². The molecule has 1 N–H and O–H groups in total. The van der Waals surface area contributed by atoms with E-state index in [1.165, 1.54) is 12.0 Å². The van der Waals surface area contributed by atoms with Crippen LogP contribution < -0.4 is 4.74 Å². The van der Waals surface area contributed by atoms with E-state index in [0.717, 1.165) is 11.1 Å². The molecule has 33 heavy (non-hydrogen) atoms. The Hall–Kier alpha value is -3.82. The van der Waals surface area contributed by atoms with Crippen molar-refractivity contribution in [3.8, 4) is 22.9 Å². The second-order valence-electron chi connectivity index (χ2n) is 7.79. The average Bonchev–Trinajstić information content (AvgIpc) is 3.24. The summed E-state index contributed by atoms with van der Waals surface area (Å²) in [6, 6.07) is 21.7. The van der Waals surface area contributed by atoms with Crippen LogP contribution in [0.25, 0.3) is 11.1 Å². The van der Waals surface area contributed by atoms with Gasteiger partial charge in [-0.15, -0.1) is 0 Å². The maximum Gasteiger partial charge on any atom is 0.327 e. The van der Waals surface area contributed by atoms with Crippen LogP contribution in [-0.2, 0) is 4.79 Å². The summed E-state index contributed by atoms with van der Waals surface area (Å²) < 4.78 is 5.54. The molecule has 3 aromatic carbocycles. The lowest BCUT2D eigenvalue weighted by atomic mass is 9.98. The first-order chi connectivity index (χ1) is 16.0. The first-order valence-corrected chi connectivity index (χ1v) is 10.8. The Morgan fingerprint density at radius 2 is 1.79 bits per heavy atom. The van der Waals surface area contributed by atoms with E-state index in [-0.39, 0.29) is 12.0 Å². The fourth-order valence-electron chi connectivity index (χ4n) is 4.40. The van der Waals surface area contributed by atoms with E-state index in [4.69, 9.17) is 16.3 Å². The molecule has 6 nitrogen and oxygen atoms in total. The number of likely N-dealkylation sites (tertiary alicyclic amines) is 1. The highest BCUT2D eigenvalue weighted by molar-refractivity contribution is 6.31. The van der Waals surface area contributed by atoms with Crippen LogP contribution in [0.2, 0.25) is 5.02 Å². The third-order valence-electron chi connectivity index (χ3n) is 5.94. The first-order valence-electron chi connectivity index (χ1n) is 10.4. The molecule has 1 fully saturated rings. The minimum atomic E-state index is -1.29. The maximum absolute atomic E-state index is 13.7. The number of carbonyl (C=O) groups excluding carboxylic acids is 1. The minimum Gasteiger partial charge on any atom is -0.496 e. The maximum atomic E-state index is 13.7. The summed E-state index contributed by atoms with van der Waals surface area (Å²) in [4.78, 5) is 27.1. The highest BCUT2D eigenvalue weighted by Crippen LogP contribution is 2.43. The quantitative estimate of drug-likeness (QED) is 0.565. The summed E-state index contributed by atoms with van der Waals surface area (Å²) in [6.45, 7) is 0. The molecule has 0 spiro atoms. The van der Waals surface area contributed by atoms with E-state index in [1.807, 2.05) is 30.3 Å². The molecule has 1 saturated heterocycles. The molecule has 0 aliphatic carbocycles. The number of benzene rings is 3. The number of methoxy groups -OCH3 is 1. The highest BCUT2D eigenvalue weighted by Gasteiger charge is 2.49. The van der Waals surface area contributed by atoms with Gasteiger partial charge in [-0.05, 0) is 41.8 Å². The topological polar surface area (TPSA) is 90.6 Å². The van der Waals surface area contributed by atoms with Gasteiger partial charge in [0.2, 0.25) is 0 Å². The van der Waals surface area contributed by atoms with Crippen molar-refractivity contribution in [2.75, 3.05) is 7.11 Å². The van der Waals surface area contributed by atoms with E-state index in [1.54, 1.807) is 42.5 Å². The van der Waals surface area contributed by atoms with Crippen molar-refractivity contribution in [1.29, 1.82) is 5.26 Å². The van der Waals surface area contributed by atoms with Crippen molar-refractivity contribution >= 4 is 23.5 Å². The van der Waals surface area contributed by atoms with E-state index in [2.05, 4.69) is 6.07 Å². The van der Waals surface area contributed by atoms with Gasteiger partial charge in [0.1, 0.15) is 11.8 Å². The van der Waals surface area contributed by atoms with Crippen molar-refractivity contribution in [3.63, 3.8) is 0 Å². The van der Waals surface area contributed by atoms with E-state index < -0.39 is 29.9 Å². The zero-order valence-electron chi connectivity index (χ0n) is 17.8. The van der Waals surface area contributed by atoms with Gasteiger partial charge in [0.15, 0.2) is 0 Å². The molecule has 1 aliphatic rings. The lowest BCUT2D eigenvalue weighted by molar-refractivity contribution is -0.142. The summed E-state index contributed by atoms with van der Waals surface area (Å²) >= 11 is 6.39. The average molecular weight is 461 g/mol. The number of hydrogen-bond donors (Lipinski definition) is 1. The van der Waals surface area contributed by atoms with E-state index >= 15 is 0 Å². The van der Waals surface area contributed by atoms with Crippen LogP contribution >= 0.6 is 11.6 Å². The van der Waals surface area contributed by atoms with Gasteiger partial charge in [0, 0.05) is 16.1 Å². The molecule has 0 saturated carbocycles. The number of carboxylic acid groups (broad SMARTS) is 1. The molecule has 1 aliphatic heterocycles. The molecule has 0 unspecified atom stereocenters. The molecule has 7 heteroatoms. The summed E-state index contributed by atoms with van der Waals surface area (Å²) in [7, 11) is 1.52. The molecule has 0 radical (unpaired) electrons. The van der Waals surface area contributed by atoms with Gasteiger partial charge >= 0.3 is 5.97 Å². The van der Waals surface area contributed by atoms with Gasteiger partial charge < -0.3 is 14.7 Å². The molecular formula is C26H21ClN2O4. The molecule has 1 amide bonds. The summed E-state index contributed by atoms with van der Waals surface area (Å²) in [5.41, 5.74) is 2.62. The van der Waals surface area contributed by atoms with Crippen LogP contribution in [0.4, 0.5) is 0 Å². The Balaban J connectivity index is 1.79. The Bertz CT molecular complexity index is 1240. The number of aliphatic carboxylic acids is 1. The van der Waals surface area contributed by atoms with Crippen LogP contribution in [-0.4, -0.2) is 35.0 Å². The summed E-state index contributed by atoms with van der Waals surface area (Å²) in [6.07, 6.45) is 0.183. The molecule has 3 aromatic rings. The lowest BCUT2D eigenvalue weighted by Crippen LogP contribution is -2.44. The number of halogens is 1. The predicted octanol–water partition coefficient (Wildman–Crippen LogP) is 5.20. The monoisotopic (exact) mass is 460 g/mol. The Labute approximate surface area is 196 Å². The third-order valence-corrected chi connectivity index (χ3v) is 6.29. The number of nitriles is 1. The van der Waals surface area contributed by atoms with Crippen LogP contribution in [0.1, 0.15) is 28.4 Å². The molecule has 0 bridgehead atoms. The Kier molecular flexibility index (Phi) is 6.34. The van der Waals surface area contributed by atoms with E-state index in [9.17, 15) is 20.0 Å². The zero-order valence-corrected chi connectivity index (χ0v) is 18.6. The smallest absolute Gasteiger partial charge is 0.327 e. The minimum absolute atomic E-state index is 0.183. The van der Waals surface area contributed by atoms with Gasteiger partial charge in [-0.25, -0.2) is 4.79 Å². The predicted molar refractivity (Wildman–Crippen MR) is 124 cm³/mol. The fraction of sp³-hybridized carbons (Fsp3) is 0.192. The largest absolute Gasteiger partial charge is 0.496 e. The number of nitrogens with zero attached hydrogens (tertiary/aromatic N) is 2. The van der Waals surface area contributed by atoms with Crippen molar-refractivity contribution in [3.05, 3.63) is 88.9 Å². The second kappa shape index (κ2) is 9.35. The SMILES string of the molecule is COc1cc(C(=O)N2[C@@H](c3ccccc3Cl)C[C@@H](C#N)[C@H]2C(=O)O)ccc1-c1ccccc1. The van der Waals surface area contributed by atoms with Gasteiger partial charge in [-0.3, -0.25) is 4.79 Å². The summed E-state index contributed by atoms with van der Waals surface area (Å²) in [5.74, 6) is -2.09. The first kappa shape index (κ1) is 22.4. The molecule has 3 atom stereocenters. The number of carboxylic acids is 1. The van der Waals surface area contributed by atoms with Gasteiger partial charge in [-0.1, -0.05) is 60.1 Å². The summed E-state index contributed by atoms with van der Waals surface area (Å²) in [5, 5.41) is 20.0. The van der Waals surface area contributed by atoms with Crippen LogP contribution in [0.3, 0.4) is 0 Å². The van der Waals surface area contributed by atoms with E-state index in [0.29, 0.717) is 16.3 Å². The van der Waals surface area contributed by atoms with Crippen LogP contribution in [0.15, 0.2) is 72.8 Å². The normalized spacial score (nSPS) is 19.7. The van der Waals surface area contributed by atoms with Gasteiger partial charge in [-0.2, -0.15) is 5.26 Å². The molecule has 4 rings (SSSR count). The number of rotatable bonds is 5. The van der Waals surface area contributed by atoms with Crippen LogP contribution in [0, 0.1) is 17.2 Å². The Morgan fingerprint density at radius 1 is 1.09 bits per heavy atom. The standard InChI is InChI=1S/C26H21ClN2O4/c1-33-23-14-17(11-12-19(23)16-7-3-2-4-8-16)25(30)29-22(20-9-5-6-10-21(20)27)13-18(15-28)24(29)26(31)32/h2-12,14,18,22,24H,13H2,1H3,(H,31,32)/t18-,22+,24-/m0/s1. The number of carbonyl (C=O) groups is 2. The number of hydrogen-bond acceptors (Lipinski definition) is 4. The third kappa shape index (κ3) is 4.15. The molecule has 0 aromatic heterocycles.